The SMILES string of the molecule is NNC(Cc1c(F)cccc1F)c1cc(Cl)ccc1Br. The molecule has 0 aliphatic carbocycles. The van der Waals surface area contributed by atoms with Crippen molar-refractivity contribution in [1.82, 2.24) is 5.43 Å². The molecular weight excluding hydrogens is 350 g/mol. The lowest BCUT2D eigenvalue weighted by molar-refractivity contribution is 0.499. The Bertz CT molecular complexity index is 602. The summed E-state index contributed by atoms with van der Waals surface area (Å²) in [5.74, 6) is 4.32. The summed E-state index contributed by atoms with van der Waals surface area (Å²) in [5, 5.41) is 0.525. The molecule has 0 saturated carbocycles. The number of benzene rings is 2. The molecule has 0 amide bonds. The van der Waals surface area contributed by atoms with Gasteiger partial charge in [0, 0.05) is 15.1 Å². The van der Waals surface area contributed by atoms with Crippen LogP contribution < -0.4 is 11.3 Å². The molecule has 20 heavy (non-hydrogen) atoms. The maximum absolute atomic E-state index is 13.7. The fraction of sp³-hybridized carbons (Fsp3) is 0.143. The molecule has 0 aliphatic rings. The zero-order chi connectivity index (χ0) is 14.7. The standard InChI is InChI=1S/C14H12BrClF2N2/c15-11-5-4-8(16)6-9(11)14(20-19)7-10-12(17)2-1-3-13(10)18/h1-6,14,20H,7,19H2. The van der Waals surface area contributed by atoms with Gasteiger partial charge in [0.25, 0.3) is 0 Å². The van der Waals surface area contributed by atoms with E-state index in [-0.39, 0.29) is 12.0 Å². The summed E-state index contributed by atoms with van der Waals surface area (Å²) < 4.78 is 28.2. The highest BCUT2D eigenvalue weighted by atomic mass is 79.9. The summed E-state index contributed by atoms with van der Waals surface area (Å²) in [6.07, 6.45) is 0.0773. The molecule has 0 saturated heterocycles. The molecule has 2 nitrogen and oxygen atoms in total. The minimum atomic E-state index is -0.594. The van der Waals surface area contributed by atoms with E-state index in [0.717, 1.165) is 10.0 Å². The third-order valence-corrected chi connectivity index (χ3v) is 3.96. The Hall–Kier alpha value is -1.01. The van der Waals surface area contributed by atoms with Crippen LogP contribution in [0.4, 0.5) is 8.78 Å². The summed E-state index contributed by atoms with van der Waals surface area (Å²) >= 11 is 9.33. The first-order valence-electron chi connectivity index (χ1n) is 5.87. The average molecular weight is 362 g/mol. The third kappa shape index (κ3) is 3.35. The van der Waals surface area contributed by atoms with Crippen molar-refractivity contribution in [3.63, 3.8) is 0 Å². The molecule has 6 heteroatoms. The van der Waals surface area contributed by atoms with Crippen LogP contribution in [0.25, 0.3) is 0 Å². The molecule has 0 aromatic heterocycles. The highest BCUT2D eigenvalue weighted by Gasteiger charge is 2.18. The molecule has 1 unspecified atom stereocenters. The average Bonchev–Trinajstić information content (AvgIpc) is 2.42. The van der Waals surface area contributed by atoms with E-state index in [9.17, 15) is 8.78 Å². The van der Waals surface area contributed by atoms with Crippen molar-refractivity contribution in [3.8, 4) is 0 Å². The van der Waals surface area contributed by atoms with Gasteiger partial charge in [-0.2, -0.15) is 0 Å². The van der Waals surface area contributed by atoms with Crippen molar-refractivity contribution < 1.29 is 8.78 Å². The second kappa shape index (κ2) is 6.63. The van der Waals surface area contributed by atoms with Gasteiger partial charge >= 0.3 is 0 Å². The number of rotatable bonds is 4. The van der Waals surface area contributed by atoms with Gasteiger partial charge in [-0.3, -0.25) is 11.3 Å². The maximum atomic E-state index is 13.7. The van der Waals surface area contributed by atoms with Crippen molar-refractivity contribution in [2.75, 3.05) is 0 Å². The van der Waals surface area contributed by atoms with Crippen molar-refractivity contribution >= 4 is 27.5 Å². The normalized spacial score (nSPS) is 12.4. The van der Waals surface area contributed by atoms with E-state index in [1.54, 1.807) is 18.2 Å². The van der Waals surface area contributed by atoms with Crippen LogP contribution in [0.5, 0.6) is 0 Å². The van der Waals surface area contributed by atoms with E-state index < -0.39 is 17.7 Å². The van der Waals surface area contributed by atoms with Crippen LogP contribution in [0.2, 0.25) is 5.02 Å². The van der Waals surface area contributed by atoms with Gasteiger partial charge in [0.15, 0.2) is 0 Å². The molecule has 0 spiro atoms. The molecule has 0 radical (unpaired) electrons. The Balaban J connectivity index is 2.36. The Labute approximate surface area is 129 Å². The maximum Gasteiger partial charge on any atom is 0.129 e. The molecule has 106 valence electrons. The fourth-order valence-corrected chi connectivity index (χ4v) is 2.68. The van der Waals surface area contributed by atoms with Crippen LogP contribution >= 0.6 is 27.5 Å². The lowest BCUT2D eigenvalue weighted by atomic mass is 9.98. The Morgan fingerprint density at radius 1 is 1.20 bits per heavy atom. The molecule has 2 aromatic carbocycles. The first-order valence-corrected chi connectivity index (χ1v) is 7.04. The Morgan fingerprint density at radius 3 is 2.45 bits per heavy atom. The number of halogens is 4. The van der Waals surface area contributed by atoms with Crippen molar-refractivity contribution in [3.05, 3.63) is 68.7 Å². The van der Waals surface area contributed by atoms with Gasteiger partial charge in [-0.25, -0.2) is 8.78 Å². The summed E-state index contributed by atoms with van der Waals surface area (Å²) in [6.45, 7) is 0. The van der Waals surface area contributed by atoms with Crippen LogP contribution in [0, 0.1) is 11.6 Å². The van der Waals surface area contributed by atoms with E-state index in [1.807, 2.05) is 0 Å². The Morgan fingerprint density at radius 2 is 1.85 bits per heavy atom. The number of hydrogen-bond donors (Lipinski definition) is 2. The lowest BCUT2D eigenvalue weighted by Crippen LogP contribution is -2.30. The zero-order valence-electron chi connectivity index (χ0n) is 10.3. The predicted octanol–water partition coefficient (Wildman–Crippen LogP) is 4.13. The topological polar surface area (TPSA) is 38.0 Å². The molecule has 0 aliphatic heterocycles. The van der Waals surface area contributed by atoms with Crippen molar-refractivity contribution in [1.29, 1.82) is 0 Å². The van der Waals surface area contributed by atoms with Crippen LogP contribution in [-0.4, -0.2) is 0 Å². The van der Waals surface area contributed by atoms with Gasteiger partial charge < -0.3 is 0 Å². The number of nitrogens with one attached hydrogen (secondary N) is 1. The van der Waals surface area contributed by atoms with Crippen LogP contribution in [-0.2, 0) is 6.42 Å². The van der Waals surface area contributed by atoms with Gasteiger partial charge in [0.1, 0.15) is 11.6 Å². The molecule has 2 rings (SSSR count). The van der Waals surface area contributed by atoms with Gasteiger partial charge in [-0.05, 0) is 42.3 Å². The minimum absolute atomic E-state index is 0.0117. The second-order valence-electron chi connectivity index (χ2n) is 4.29. The smallest absolute Gasteiger partial charge is 0.129 e. The van der Waals surface area contributed by atoms with E-state index in [2.05, 4.69) is 21.4 Å². The van der Waals surface area contributed by atoms with E-state index in [1.165, 1.54) is 18.2 Å². The molecule has 2 aromatic rings. The zero-order valence-corrected chi connectivity index (χ0v) is 12.7. The highest BCUT2D eigenvalue weighted by molar-refractivity contribution is 9.10. The monoisotopic (exact) mass is 360 g/mol. The number of hydrogen-bond acceptors (Lipinski definition) is 2. The quantitative estimate of drug-likeness (QED) is 0.635. The van der Waals surface area contributed by atoms with Gasteiger partial charge in [-0.1, -0.05) is 33.6 Å². The van der Waals surface area contributed by atoms with Gasteiger partial charge in [-0.15, -0.1) is 0 Å². The first kappa shape index (κ1) is 15.4. The first-order chi connectivity index (χ1) is 9.52. The van der Waals surface area contributed by atoms with Gasteiger partial charge in [0.05, 0.1) is 6.04 Å². The van der Waals surface area contributed by atoms with Crippen LogP contribution in [0.1, 0.15) is 17.2 Å². The predicted molar refractivity (Wildman–Crippen MR) is 79.3 cm³/mol. The number of hydrazine groups is 1. The van der Waals surface area contributed by atoms with E-state index in [0.29, 0.717) is 5.02 Å². The van der Waals surface area contributed by atoms with Crippen LogP contribution in [0.3, 0.4) is 0 Å². The lowest BCUT2D eigenvalue weighted by Gasteiger charge is -2.19. The largest absolute Gasteiger partial charge is 0.271 e. The summed E-state index contributed by atoms with van der Waals surface area (Å²) in [6, 6.07) is 8.49. The minimum Gasteiger partial charge on any atom is -0.271 e. The van der Waals surface area contributed by atoms with Crippen LogP contribution in [0.15, 0.2) is 40.9 Å². The summed E-state index contributed by atoms with van der Waals surface area (Å²) in [5.41, 5.74) is 3.29. The third-order valence-electron chi connectivity index (χ3n) is 3.00. The molecule has 0 fully saturated rings. The summed E-state index contributed by atoms with van der Waals surface area (Å²) in [4.78, 5) is 0. The molecule has 3 N–H and O–H groups in total. The Kier molecular flexibility index (Phi) is 5.10. The summed E-state index contributed by atoms with van der Waals surface area (Å²) in [7, 11) is 0. The van der Waals surface area contributed by atoms with Crippen molar-refractivity contribution in [2.24, 2.45) is 5.84 Å². The highest BCUT2D eigenvalue weighted by Crippen LogP contribution is 2.29. The fourth-order valence-electron chi connectivity index (χ4n) is 1.97. The molecule has 1 atom stereocenters. The number of nitrogens with two attached hydrogens (primary N) is 1. The molecule has 0 bridgehead atoms. The van der Waals surface area contributed by atoms with E-state index in [4.69, 9.17) is 17.4 Å². The molecule has 0 heterocycles. The second-order valence-corrected chi connectivity index (χ2v) is 5.58. The van der Waals surface area contributed by atoms with Crippen molar-refractivity contribution in [2.45, 2.75) is 12.5 Å². The van der Waals surface area contributed by atoms with E-state index >= 15 is 0 Å². The molecular formula is C14H12BrClF2N2. The van der Waals surface area contributed by atoms with Gasteiger partial charge in [0.2, 0.25) is 0 Å².